The third kappa shape index (κ3) is 8.15. The molecule has 2 heteroatoms. The first-order valence-corrected chi connectivity index (χ1v) is 12.0. The molecule has 0 atom stereocenters. The van der Waals surface area contributed by atoms with E-state index in [1.807, 2.05) is 31.2 Å². The molecular formula is C31H40O2. The maximum absolute atomic E-state index is 10.7. The number of fused-ring (bicyclic) bond motifs is 1. The Hall–Kier alpha value is -2.96. The van der Waals surface area contributed by atoms with Crippen molar-refractivity contribution in [3.63, 3.8) is 0 Å². The molecule has 0 bridgehead atoms. The van der Waals surface area contributed by atoms with E-state index in [2.05, 4.69) is 58.6 Å². The Balaban J connectivity index is 1.95. The van der Waals surface area contributed by atoms with Gasteiger partial charge in [0.15, 0.2) is 0 Å². The predicted octanol–water partition coefficient (Wildman–Crippen LogP) is 9.32. The van der Waals surface area contributed by atoms with Gasteiger partial charge in [-0.1, -0.05) is 59.2 Å². The van der Waals surface area contributed by atoms with Gasteiger partial charge in [-0.25, -0.2) is 0 Å². The lowest BCUT2D eigenvalue weighted by Gasteiger charge is -2.11. The fourth-order valence-corrected chi connectivity index (χ4v) is 3.87. The number of rotatable bonds is 10. The molecule has 0 aromatic heterocycles. The van der Waals surface area contributed by atoms with Crippen LogP contribution < -0.4 is 0 Å². The van der Waals surface area contributed by atoms with Crippen LogP contribution in [0.5, 0.6) is 11.5 Å². The Morgan fingerprint density at radius 3 is 1.85 bits per heavy atom. The smallest absolute Gasteiger partial charge is 0.131 e. The second-order valence-electron chi connectivity index (χ2n) is 9.35. The van der Waals surface area contributed by atoms with Crippen LogP contribution in [0.3, 0.4) is 0 Å². The molecule has 0 unspecified atom stereocenters. The van der Waals surface area contributed by atoms with Crippen LogP contribution in [-0.2, 0) is 0 Å². The van der Waals surface area contributed by atoms with Crippen molar-refractivity contribution in [2.45, 2.75) is 80.1 Å². The number of allylic oxidation sites excluding steroid dienone is 7. The van der Waals surface area contributed by atoms with E-state index in [1.165, 1.54) is 16.7 Å². The number of hydrogen-bond donors (Lipinski definition) is 2. The van der Waals surface area contributed by atoms with Crippen molar-refractivity contribution < 1.29 is 10.2 Å². The highest BCUT2D eigenvalue weighted by molar-refractivity contribution is 5.97. The lowest BCUT2D eigenvalue weighted by atomic mass is 9.98. The molecule has 176 valence electrons. The van der Waals surface area contributed by atoms with Crippen molar-refractivity contribution in [1.29, 1.82) is 0 Å². The number of benzene rings is 2. The molecule has 0 aliphatic carbocycles. The van der Waals surface area contributed by atoms with Gasteiger partial charge in [-0.15, -0.1) is 5.73 Å². The molecule has 0 fully saturated rings. The fraction of sp³-hybridized carbons (Fsp3) is 0.387. The van der Waals surface area contributed by atoms with Crippen molar-refractivity contribution in [2.24, 2.45) is 0 Å². The largest absolute Gasteiger partial charge is 0.507 e. The molecule has 2 nitrogen and oxygen atoms in total. The van der Waals surface area contributed by atoms with E-state index in [0.29, 0.717) is 21.9 Å². The minimum Gasteiger partial charge on any atom is -0.507 e. The molecule has 0 aliphatic rings. The maximum atomic E-state index is 10.7. The number of phenolic OH excluding ortho intramolecular Hbond substituents is 2. The SMILES string of the molecule is CC(=C=Cc1c(C)c(O)c2ccccc2c1O)CCC=C(C)CCC=C(C)CCC=C(C)C. The average molecular weight is 445 g/mol. The average Bonchev–Trinajstić information content (AvgIpc) is 2.77. The Morgan fingerprint density at radius 1 is 0.758 bits per heavy atom. The highest BCUT2D eigenvalue weighted by Gasteiger charge is 2.13. The van der Waals surface area contributed by atoms with Gasteiger partial charge in [0.2, 0.25) is 0 Å². The van der Waals surface area contributed by atoms with Crippen molar-refractivity contribution in [1.82, 2.24) is 0 Å². The molecule has 0 radical (unpaired) electrons. The number of aromatic hydroxyl groups is 2. The van der Waals surface area contributed by atoms with Crippen LogP contribution in [0.1, 0.15) is 84.3 Å². The summed E-state index contributed by atoms with van der Waals surface area (Å²) in [4.78, 5) is 0. The minimum absolute atomic E-state index is 0.195. The first-order valence-electron chi connectivity index (χ1n) is 12.0. The summed E-state index contributed by atoms with van der Waals surface area (Å²) in [6.45, 7) is 12.6. The summed E-state index contributed by atoms with van der Waals surface area (Å²) in [5.41, 5.74) is 10.0. The number of phenols is 2. The molecule has 0 saturated carbocycles. The van der Waals surface area contributed by atoms with E-state index < -0.39 is 0 Å². The summed E-state index contributed by atoms with van der Waals surface area (Å²) < 4.78 is 0. The van der Waals surface area contributed by atoms with Crippen molar-refractivity contribution >= 4 is 16.8 Å². The van der Waals surface area contributed by atoms with E-state index in [0.717, 1.165) is 44.1 Å². The zero-order valence-electron chi connectivity index (χ0n) is 21.3. The van der Waals surface area contributed by atoms with Crippen molar-refractivity contribution in [3.8, 4) is 11.5 Å². The zero-order valence-corrected chi connectivity index (χ0v) is 21.3. The summed E-state index contributed by atoms with van der Waals surface area (Å²) in [6, 6.07) is 7.37. The van der Waals surface area contributed by atoms with E-state index in [-0.39, 0.29) is 11.5 Å². The van der Waals surface area contributed by atoms with Crippen molar-refractivity contribution in [2.75, 3.05) is 0 Å². The van der Waals surface area contributed by atoms with Crippen LogP contribution in [-0.4, -0.2) is 10.2 Å². The molecule has 0 aliphatic heterocycles. The summed E-state index contributed by atoms with van der Waals surface area (Å²) in [5.74, 6) is 0.412. The van der Waals surface area contributed by atoms with Gasteiger partial charge >= 0.3 is 0 Å². The molecule has 0 amide bonds. The molecule has 2 rings (SSSR count). The van der Waals surface area contributed by atoms with Crippen LogP contribution >= 0.6 is 0 Å². The highest BCUT2D eigenvalue weighted by atomic mass is 16.3. The van der Waals surface area contributed by atoms with Crippen molar-refractivity contribution in [3.05, 3.63) is 81.6 Å². The van der Waals surface area contributed by atoms with Crippen LogP contribution in [0.25, 0.3) is 16.8 Å². The molecule has 0 spiro atoms. The first-order chi connectivity index (χ1) is 15.7. The summed E-state index contributed by atoms with van der Waals surface area (Å²) in [7, 11) is 0. The van der Waals surface area contributed by atoms with Gasteiger partial charge in [-0.2, -0.15) is 0 Å². The Kier molecular flexibility index (Phi) is 10.3. The van der Waals surface area contributed by atoms with E-state index in [9.17, 15) is 10.2 Å². The van der Waals surface area contributed by atoms with Crippen LogP contribution in [0, 0.1) is 6.92 Å². The lowest BCUT2D eigenvalue weighted by Crippen LogP contribution is -1.87. The van der Waals surface area contributed by atoms with Gasteiger partial charge in [-0.3, -0.25) is 0 Å². The summed E-state index contributed by atoms with van der Waals surface area (Å²) in [5, 5.41) is 22.6. The summed E-state index contributed by atoms with van der Waals surface area (Å²) >= 11 is 0. The standard InChI is InChI=1S/C31H40O2/c1-22(2)12-9-13-23(3)14-10-15-24(4)16-11-17-25(5)20-21-27-26(6)30(32)28-18-7-8-19-29(28)31(27)33/h7-8,12,14,16,18-19,21,32-33H,9-11,13,15,17H2,1-6H3. The highest BCUT2D eigenvalue weighted by Crippen LogP contribution is 2.39. The quantitative estimate of drug-likeness (QED) is 0.218. The Morgan fingerprint density at radius 2 is 1.27 bits per heavy atom. The fourth-order valence-electron chi connectivity index (χ4n) is 3.87. The number of hydrogen-bond acceptors (Lipinski definition) is 2. The first kappa shape index (κ1) is 26.3. The van der Waals surface area contributed by atoms with E-state index >= 15 is 0 Å². The monoisotopic (exact) mass is 444 g/mol. The minimum atomic E-state index is 0.195. The molecule has 0 heterocycles. The summed E-state index contributed by atoms with van der Waals surface area (Å²) in [6.07, 6.45) is 15.2. The lowest BCUT2D eigenvalue weighted by molar-refractivity contribution is 0.465. The van der Waals surface area contributed by atoms with Gasteiger partial charge in [-0.05, 0) is 91.7 Å². The van der Waals surface area contributed by atoms with E-state index in [1.54, 1.807) is 6.08 Å². The molecule has 2 aromatic rings. The third-order valence-corrected chi connectivity index (χ3v) is 6.05. The third-order valence-electron chi connectivity index (χ3n) is 6.05. The second-order valence-corrected chi connectivity index (χ2v) is 9.35. The van der Waals surface area contributed by atoms with Gasteiger partial charge in [0.25, 0.3) is 0 Å². The van der Waals surface area contributed by atoms with Crippen LogP contribution in [0.15, 0.2) is 70.5 Å². The van der Waals surface area contributed by atoms with Gasteiger partial charge in [0.05, 0.1) is 0 Å². The van der Waals surface area contributed by atoms with Gasteiger partial charge in [0, 0.05) is 21.9 Å². The Labute approximate surface area is 200 Å². The van der Waals surface area contributed by atoms with E-state index in [4.69, 9.17) is 0 Å². The molecule has 2 N–H and O–H groups in total. The maximum Gasteiger partial charge on any atom is 0.131 e. The van der Waals surface area contributed by atoms with Crippen LogP contribution in [0.2, 0.25) is 0 Å². The van der Waals surface area contributed by atoms with Gasteiger partial charge < -0.3 is 10.2 Å². The Bertz CT molecular complexity index is 1120. The second kappa shape index (κ2) is 12.9. The molecule has 2 aromatic carbocycles. The van der Waals surface area contributed by atoms with Gasteiger partial charge in [0.1, 0.15) is 11.5 Å². The predicted molar refractivity (Wildman–Crippen MR) is 144 cm³/mol. The molecule has 0 saturated heterocycles. The molecular weight excluding hydrogens is 404 g/mol. The topological polar surface area (TPSA) is 40.5 Å². The van der Waals surface area contributed by atoms with Crippen LogP contribution in [0.4, 0.5) is 0 Å². The zero-order chi connectivity index (χ0) is 24.4. The normalized spacial score (nSPS) is 11.9. The molecule has 33 heavy (non-hydrogen) atoms.